The lowest BCUT2D eigenvalue weighted by Crippen LogP contribution is -2.62. The van der Waals surface area contributed by atoms with Gasteiger partial charge in [-0.2, -0.15) is 0 Å². The molecule has 3 aliphatic carbocycles. The van der Waals surface area contributed by atoms with Crippen molar-refractivity contribution in [2.24, 2.45) is 0 Å². The van der Waals surface area contributed by atoms with Crippen LogP contribution in [0.3, 0.4) is 0 Å². The second kappa shape index (κ2) is 4.91. The number of carbonyl (C=O) groups excluding carboxylic acids is 2. The molecule has 0 fully saturated rings. The molecule has 144 valence electrons. The van der Waals surface area contributed by atoms with E-state index < -0.39 is 52.5 Å². The van der Waals surface area contributed by atoms with Crippen molar-refractivity contribution >= 4 is 11.6 Å². The van der Waals surface area contributed by atoms with Gasteiger partial charge in [0.1, 0.15) is 17.0 Å². The maximum atomic E-state index is 12.5. The molecule has 0 aliphatic heterocycles. The predicted molar refractivity (Wildman–Crippen MR) is 93.2 cm³/mol. The maximum absolute atomic E-state index is 12.5. The van der Waals surface area contributed by atoms with Crippen LogP contribution >= 0.6 is 0 Å². The van der Waals surface area contributed by atoms with Crippen LogP contribution in [-0.4, -0.2) is 48.3 Å². The van der Waals surface area contributed by atoms with Gasteiger partial charge in [0.25, 0.3) is 0 Å². The Morgan fingerprint density at radius 3 is 2.32 bits per heavy atom. The first-order chi connectivity index (χ1) is 13.1. The SMILES string of the molecule is O=C1CC[C@@]2(O)c3c(cc(O)c(O)c31)-c1ccc(O)c3c1[C@]2(O)[C@@H](O)CC3=O. The van der Waals surface area contributed by atoms with Gasteiger partial charge in [-0.25, -0.2) is 0 Å². The number of rotatable bonds is 0. The monoisotopic (exact) mass is 384 g/mol. The Morgan fingerprint density at radius 1 is 0.893 bits per heavy atom. The molecule has 5 rings (SSSR count). The van der Waals surface area contributed by atoms with Crippen molar-refractivity contribution in [2.75, 3.05) is 0 Å². The quantitative estimate of drug-likeness (QED) is 0.364. The average Bonchev–Trinajstić information content (AvgIpc) is 2.64. The summed E-state index contributed by atoms with van der Waals surface area (Å²) in [6, 6.07) is 3.74. The Labute approximate surface area is 157 Å². The van der Waals surface area contributed by atoms with Crippen LogP contribution in [0, 0.1) is 0 Å². The largest absolute Gasteiger partial charge is 0.507 e. The van der Waals surface area contributed by atoms with Crippen molar-refractivity contribution < 1.29 is 40.2 Å². The first kappa shape index (κ1) is 17.2. The number of aromatic hydroxyl groups is 3. The van der Waals surface area contributed by atoms with Crippen molar-refractivity contribution in [1.29, 1.82) is 0 Å². The van der Waals surface area contributed by atoms with Crippen molar-refractivity contribution in [1.82, 2.24) is 0 Å². The van der Waals surface area contributed by atoms with Crippen LogP contribution in [0.15, 0.2) is 18.2 Å². The molecule has 0 amide bonds. The van der Waals surface area contributed by atoms with Crippen LogP contribution in [0.5, 0.6) is 17.2 Å². The van der Waals surface area contributed by atoms with E-state index in [4.69, 9.17) is 0 Å². The van der Waals surface area contributed by atoms with Crippen LogP contribution in [-0.2, 0) is 11.2 Å². The molecular weight excluding hydrogens is 368 g/mol. The number of hydrogen-bond acceptors (Lipinski definition) is 8. The summed E-state index contributed by atoms with van der Waals surface area (Å²) < 4.78 is 0. The molecule has 0 heterocycles. The minimum atomic E-state index is -2.39. The summed E-state index contributed by atoms with van der Waals surface area (Å²) in [4.78, 5) is 25.0. The smallest absolute Gasteiger partial charge is 0.169 e. The molecule has 0 unspecified atom stereocenters. The molecule has 8 nitrogen and oxygen atoms in total. The zero-order chi connectivity index (χ0) is 20.2. The van der Waals surface area contributed by atoms with Crippen LogP contribution in [0.2, 0.25) is 0 Å². The summed E-state index contributed by atoms with van der Waals surface area (Å²) in [5.41, 5.74) is -5.06. The van der Waals surface area contributed by atoms with Crippen LogP contribution < -0.4 is 0 Å². The van der Waals surface area contributed by atoms with E-state index in [1.54, 1.807) is 0 Å². The number of benzene rings is 2. The van der Waals surface area contributed by atoms with E-state index in [1.807, 2.05) is 0 Å². The third kappa shape index (κ3) is 1.63. The van der Waals surface area contributed by atoms with Gasteiger partial charge in [0.2, 0.25) is 0 Å². The van der Waals surface area contributed by atoms with Gasteiger partial charge in [0.15, 0.2) is 23.1 Å². The summed E-state index contributed by atoms with van der Waals surface area (Å²) in [6.07, 6.45) is -2.77. The number of phenolic OH excluding ortho intramolecular Hbond substituents is 3. The van der Waals surface area contributed by atoms with Gasteiger partial charge in [0, 0.05) is 24.0 Å². The zero-order valence-corrected chi connectivity index (χ0v) is 14.4. The minimum Gasteiger partial charge on any atom is -0.507 e. The lowest BCUT2D eigenvalue weighted by Gasteiger charge is -2.54. The Kier molecular flexibility index (Phi) is 3.01. The molecule has 3 aliphatic rings. The number of Topliss-reactive ketones (excluding diaryl/α,β-unsaturated/α-hetero) is 2. The lowest BCUT2D eigenvalue weighted by atomic mass is 9.55. The Balaban J connectivity index is 2.05. The van der Waals surface area contributed by atoms with E-state index in [9.17, 15) is 40.2 Å². The number of phenols is 3. The molecular formula is C20H16O8. The average molecular weight is 384 g/mol. The summed E-state index contributed by atoms with van der Waals surface area (Å²) in [7, 11) is 0. The summed E-state index contributed by atoms with van der Waals surface area (Å²) in [5.74, 6) is -2.85. The van der Waals surface area contributed by atoms with Gasteiger partial charge in [0.05, 0.1) is 17.2 Å². The third-order valence-corrected chi connectivity index (χ3v) is 6.31. The van der Waals surface area contributed by atoms with Gasteiger partial charge in [-0.1, -0.05) is 6.07 Å². The molecule has 8 heteroatoms. The van der Waals surface area contributed by atoms with Crippen LogP contribution in [0.25, 0.3) is 11.1 Å². The summed E-state index contributed by atoms with van der Waals surface area (Å²) in [6.45, 7) is 0. The van der Waals surface area contributed by atoms with E-state index in [-0.39, 0.29) is 46.2 Å². The normalized spacial score (nSPS) is 30.0. The molecule has 0 saturated heterocycles. The third-order valence-electron chi connectivity index (χ3n) is 6.31. The number of ketones is 2. The van der Waals surface area contributed by atoms with E-state index in [1.165, 1.54) is 12.1 Å². The van der Waals surface area contributed by atoms with Gasteiger partial charge in [-0.3, -0.25) is 9.59 Å². The van der Waals surface area contributed by atoms with Crippen molar-refractivity contribution in [3.8, 4) is 28.4 Å². The predicted octanol–water partition coefficient (Wildman–Crippen LogP) is 0.783. The molecule has 6 N–H and O–H groups in total. The first-order valence-electron chi connectivity index (χ1n) is 8.78. The highest BCUT2D eigenvalue weighted by atomic mass is 16.4. The molecule has 0 radical (unpaired) electrons. The van der Waals surface area contributed by atoms with Crippen LogP contribution in [0.1, 0.15) is 51.1 Å². The van der Waals surface area contributed by atoms with E-state index in [0.717, 1.165) is 6.07 Å². The van der Waals surface area contributed by atoms with Crippen molar-refractivity contribution in [2.45, 2.75) is 36.6 Å². The Hall–Kier alpha value is -2.94. The second-order valence-corrected chi connectivity index (χ2v) is 7.62. The highest BCUT2D eigenvalue weighted by Gasteiger charge is 2.65. The van der Waals surface area contributed by atoms with Gasteiger partial charge >= 0.3 is 0 Å². The minimum absolute atomic E-state index is 0.0981. The number of aliphatic hydroxyl groups excluding tert-OH is 1. The fourth-order valence-electron chi connectivity index (χ4n) is 5.07. The number of fused-ring (bicyclic) bond motifs is 2. The molecule has 3 atom stereocenters. The Morgan fingerprint density at radius 2 is 1.61 bits per heavy atom. The molecule has 0 saturated carbocycles. The maximum Gasteiger partial charge on any atom is 0.169 e. The molecule has 0 spiro atoms. The molecule has 28 heavy (non-hydrogen) atoms. The zero-order valence-electron chi connectivity index (χ0n) is 14.4. The molecule has 0 bridgehead atoms. The number of aliphatic hydroxyl groups is 3. The standard InChI is InChI=1S/C20H16O8/c21-9-2-1-7-8-5-12(24)18(26)15-10(22)3-4-19(27,16(8)15)20(28)13(25)6-11(23)14(9)17(7)20/h1-2,5,13,21,24-28H,3-4,6H2/t13-,19+,20+/m0/s1. The molecule has 2 aromatic carbocycles. The first-order valence-corrected chi connectivity index (χ1v) is 8.78. The fourth-order valence-corrected chi connectivity index (χ4v) is 5.07. The Bertz CT molecular complexity index is 1120. The van der Waals surface area contributed by atoms with E-state index >= 15 is 0 Å². The second-order valence-electron chi connectivity index (χ2n) is 7.62. The highest BCUT2D eigenvalue weighted by Crippen LogP contribution is 2.63. The molecule has 2 aromatic rings. The number of hydrogen-bond donors (Lipinski definition) is 6. The fraction of sp³-hybridized carbons (Fsp3) is 0.300. The van der Waals surface area contributed by atoms with E-state index in [0.29, 0.717) is 0 Å². The van der Waals surface area contributed by atoms with E-state index in [2.05, 4.69) is 0 Å². The molecule has 0 aromatic heterocycles. The van der Waals surface area contributed by atoms with Gasteiger partial charge in [-0.05, 0) is 29.7 Å². The highest BCUT2D eigenvalue weighted by molar-refractivity contribution is 6.08. The summed E-state index contributed by atoms with van der Waals surface area (Å²) in [5, 5.41) is 64.6. The summed E-state index contributed by atoms with van der Waals surface area (Å²) >= 11 is 0. The van der Waals surface area contributed by atoms with Gasteiger partial charge in [-0.15, -0.1) is 0 Å². The van der Waals surface area contributed by atoms with Crippen LogP contribution in [0.4, 0.5) is 0 Å². The number of carbonyl (C=O) groups is 2. The van der Waals surface area contributed by atoms with Crippen molar-refractivity contribution in [3.05, 3.63) is 40.5 Å². The lowest BCUT2D eigenvalue weighted by molar-refractivity contribution is -0.223. The topological polar surface area (TPSA) is 156 Å². The van der Waals surface area contributed by atoms with Crippen molar-refractivity contribution in [3.63, 3.8) is 0 Å². The van der Waals surface area contributed by atoms with Gasteiger partial charge < -0.3 is 30.6 Å².